The maximum Gasteiger partial charge on any atom is 0.247 e. The van der Waals surface area contributed by atoms with Gasteiger partial charge in [0.15, 0.2) is 0 Å². The molecule has 0 atom stereocenters. The molecule has 0 bridgehead atoms. The number of amides is 1. The van der Waals surface area contributed by atoms with E-state index in [-0.39, 0.29) is 5.91 Å². The van der Waals surface area contributed by atoms with Crippen LogP contribution in [-0.4, -0.2) is 75.9 Å². The molecule has 3 aromatic heterocycles. The number of anilines is 4. The molecular formula is C27H32ClN9O2. The van der Waals surface area contributed by atoms with Crippen molar-refractivity contribution in [1.29, 1.82) is 0 Å². The van der Waals surface area contributed by atoms with Crippen molar-refractivity contribution in [2.75, 3.05) is 49.8 Å². The number of fused-ring (bicyclic) bond motifs is 1. The van der Waals surface area contributed by atoms with Crippen molar-refractivity contribution in [1.82, 2.24) is 29.6 Å². The number of hydrogen-bond donors (Lipinski definition) is 3. The number of hydrogen-bond acceptors (Lipinski definition) is 8. The molecule has 1 aliphatic heterocycles. The first-order valence-corrected chi connectivity index (χ1v) is 13.0. The van der Waals surface area contributed by atoms with Crippen LogP contribution in [0, 0.1) is 0 Å². The maximum atomic E-state index is 12.4. The Labute approximate surface area is 231 Å². The van der Waals surface area contributed by atoms with E-state index in [0.29, 0.717) is 50.9 Å². The summed E-state index contributed by atoms with van der Waals surface area (Å²) in [6.07, 6.45) is 8.58. The molecule has 0 spiro atoms. The largest absolute Gasteiger partial charge is 0.494 e. The van der Waals surface area contributed by atoms with Gasteiger partial charge >= 0.3 is 0 Å². The molecule has 12 heteroatoms. The van der Waals surface area contributed by atoms with E-state index in [1.165, 1.54) is 6.08 Å². The van der Waals surface area contributed by atoms with E-state index in [4.69, 9.17) is 21.3 Å². The number of H-pyrrole nitrogens is 1. The van der Waals surface area contributed by atoms with E-state index >= 15 is 0 Å². The van der Waals surface area contributed by atoms with Crippen molar-refractivity contribution >= 4 is 51.6 Å². The zero-order valence-electron chi connectivity index (χ0n) is 22.5. The number of halogens is 1. The van der Waals surface area contributed by atoms with E-state index in [1.54, 1.807) is 24.2 Å². The van der Waals surface area contributed by atoms with Gasteiger partial charge in [-0.2, -0.15) is 10.1 Å². The van der Waals surface area contributed by atoms with Gasteiger partial charge in [-0.3, -0.25) is 9.48 Å². The van der Waals surface area contributed by atoms with E-state index in [1.807, 2.05) is 25.4 Å². The van der Waals surface area contributed by atoms with Crippen LogP contribution in [0.1, 0.15) is 12.8 Å². The van der Waals surface area contributed by atoms with Crippen molar-refractivity contribution in [3.63, 3.8) is 0 Å². The average Bonchev–Trinajstić information content (AvgIpc) is 3.53. The third kappa shape index (κ3) is 5.41. The summed E-state index contributed by atoms with van der Waals surface area (Å²) in [7, 11) is 7.67. The Hall–Kier alpha value is -4.09. The highest BCUT2D eigenvalue weighted by atomic mass is 35.5. The van der Waals surface area contributed by atoms with Crippen LogP contribution in [0.25, 0.3) is 22.3 Å². The molecule has 0 unspecified atom stereocenters. The lowest BCUT2D eigenvalue weighted by Gasteiger charge is -2.37. The Bertz CT molecular complexity index is 1520. The number of aromatic nitrogens is 5. The lowest BCUT2D eigenvalue weighted by Crippen LogP contribution is -2.42. The molecule has 1 fully saturated rings. The second-order valence-corrected chi connectivity index (χ2v) is 10.1. The minimum atomic E-state index is -0.298. The number of piperidine rings is 1. The zero-order chi connectivity index (χ0) is 27.7. The van der Waals surface area contributed by atoms with Gasteiger partial charge in [0, 0.05) is 50.2 Å². The van der Waals surface area contributed by atoms with Crippen LogP contribution in [0.3, 0.4) is 0 Å². The number of aromatic amines is 1. The van der Waals surface area contributed by atoms with Gasteiger partial charge in [-0.05, 0) is 39.1 Å². The van der Waals surface area contributed by atoms with Gasteiger partial charge in [0.2, 0.25) is 11.9 Å². The summed E-state index contributed by atoms with van der Waals surface area (Å²) >= 11 is 6.46. The van der Waals surface area contributed by atoms with Gasteiger partial charge < -0.3 is 30.2 Å². The Morgan fingerprint density at radius 1 is 1.26 bits per heavy atom. The molecule has 4 aromatic rings. The number of carbonyl (C=O) groups excluding carboxylic acids is 1. The van der Waals surface area contributed by atoms with Gasteiger partial charge in [-0.15, -0.1) is 0 Å². The van der Waals surface area contributed by atoms with Crippen molar-refractivity contribution in [3.05, 3.63) is 48.4 Å². The number of methoxy groups -OCH3 is 1. The quantitative estimate of drug-likeness (QED) is 0.277. The SMILES string of the molecule is C=CC(=O)Nc1cc(Nc2nc(-c3cnn(C)c3)c3c(Cl)c[nH]c3n2)c(OC)cc1N1CCC(N(C)C)CC1. The van der Waals surface area contributed by atoms with Gasteiger partial charge in [0.05, 0.1) is 46.5 Å². The van der Waals surface area contributed by atoms with Crippen molar-refractivity contribution in [3.8, 4) is 17.0 Å². The predicted octanol–water partition coefficient (Wildman–Crippen LogP) is 4.42. The number of rotatable bonds is 8. The molecule has 204 valence electrons. The molecule has 1 aromatic carbocycles. The molecule has 0 aliphatic carbocycles. The second kappa shape index (κ2) is 11.0. The maximum absolute atomic E-state index is 12.4. The first kappa shape index (κ1) is 26.5. The summed E-state index contributed by atoms with van der Waals surface area (Å²) in [6.45, 7) is 5.33. The standard InChI is InChI=1S/C27H32ClN9O2/c1-6-23(38)31-19-11-20(22(39-5)12-21(19)37-9-7-17(8-10-37)35(2)3)32-27-33-25(16-13-30-36(4)15-16)24-18(28)14-29-26(24)34-27/h6,11-15,17H,1,7-10H2,2-5H3,(H,31,38)(H2,29,32,33,34). The first-order valence-electron chi connectivity index (χ1n) is 12.6. The van der Waals surface area contributed by atoms with E-state index in [0.717, 1.165) is 37.2 Å². The Morgan fingerprint density at radius 2 is 2.03 bits per heavy atom. The number of ether oxygens (including phenoxy) is 1. The van der Waals surface area contributed by atoms with Gasteiger partial charge in [-0.25, -0.2) is 4.98 Å². The lowest BCUT2D eigenvalue weighted by atomic mass is 10.0. The van der Waals surface area contributed by atoms with Crippen molar-refractivity contribution < 1.29 is 9.53 Å². The summed E-state index contributed by atoms with van der Waals surface area (Å²) < 4.78 is 7.48. The van der Waals surface area contributed by atoms with Crippen LogP contribution in [0.5, 0.6) is 5.75 Å². The Balaban J connectivity index is 1.54. The van der Waals surface area contributed by atoms with Gasteiger partial charge in [0.1, 0.15) is 11.4 Å². The minimum absolute atomic E-state index is 0.298. The van der Waals surface area contributed by atoms with E-state index in [9.17, 15) is 4.79 Å². The number of aryl methyl sites for hydroxylation is 1. The van der Waals surface area contributed by atoms with Crippen molar-refractivity contribution in [2.24, 2.45) is 7.05 Å². The fourth-order valence-corrected chi connectivity index (χ4v) is 5.16. The van der Waals surface area contributed by atoms with E-state index < -0.39 is 0 Å². The molecule has 11 nitrogen and oxygen atoms in total. The smallest absolute Gasteiger partial charge is 0.247 e. The fraction of sp³-hybridized carbons (Fsp3) is 0.333. The summed E-state index contributed by atoms with van der Waals surface area (Å²) in [6, 6.07) is 4.30. The molecule has 39 heavy (non-hydrogen) atoms. The van der Waals surface area contributed by atoms with E-state index in [2.05, 4.69) is 56.2 Å². The number of nitrogens with zero attached hydrogens (tertiary/aromatic N) is 6. The molecule has 0 radical (unpaired) electrons. The predicted molar refractivity (Wildman–Crippen MR) is 155 cm³/mol. The Kier molecular flexibility index (Phi) is 7.45. The van der Waals surface area contributed by atoms with Gasteiger partial charge in [-0.1, -0.05) is 18.2 Å². The third-order valence-corrected chi connectivity index (χ3v) is 7.30. The summed E-state index contributed by atoms with van der Waals surface area (Å²) in [4.78, 5) is 29.4. The van der Waals surface area contributed by atoms with Crippen LogP contribution in [0.4, 0.5) is 23.0 Å². The Morgan fingerprint density at radius 3 is 2.67 bits per heavy atom. The first-order chi connectivity index (χ1) is 18.8. The molecule has 1 saturated heterocycles. The minimum Gasteiger partial charge on any atom is -0.494 e. The second-order valence-electron chi connectivity index (χ2n) is 9.73. The average molecular weight is 550 g/mol. The van der Waals surface area contributed by atoms with Crippen LogP contribution in [-0.2, 0) is 11.8 Å². The van der Waals surface area contributed by atoms with Gasteiger partial charge in [0.25, 0.3) is 0 Å². The molecule has 5 rings (SSSR count). The molecule has 3 N–H and O–H groups in total. The summed E-state index contributed by atoms with van der Waals surface area (Å²) in [5, 5.41) is 11.7. The van der Waals surface area contributed by atoms with Crippen LogP contribution in [0.15, 0.2) is 43.4 Å². The normalized spacial score (nSPS) is 14.2. The third-order valence-electron chi connectivity index (χ3n) is 7.00. The highest BCUT2D eigenvalue weighted by Crippen LogP contribution is 2.40. The van der Waals surface area contributed by atoms with Crippen molar-refractivity contribution in [2.45, 2.75) is 18.9 Å². The highest BCUT2D eigenvalue weighted by Gasteiger charge is 2.25. The number of carbonyl (C=O) groups is 1. The molecule has 1 amide bonds. The number of nitrogens with one attached hydrogen (secondary N) is 3. The molecular weight excluding hydrogens is 518 g/mol. The fourth-order valence-electron chi connectivity index (χ4n) is 4.93. The van der Waals surface area contributed by atoms with Crippen LogP contribution in [0.2, 0.25) is 5.02 Å². The summed E-state index contributed by atoms with van der Waals surface area (Å²) in [5.41, 5.74) is 4.14. The highest BCUT2D eigenvalue weighted by molar-refractivity contribution is 6.36. The molecule has 0 saturated carbocycles. The molecule has 4 heterocycles. The van der Waals surface area contributed by atoms with Crippen LogP contribution < -0.4 is 20.3 Å². The number of benzene rings is 1. The monoisotopic (exact) mass is 549 g/mol. The zero-order valence-corrected chi connectivity index (χ0v) is 23.2. The van der Waals surface area contributed by atoms with Crippen LogP contribution >= 0.6 is 11.6 Å². The topological polar surface area (TPSA) is 116 Å². The molecule has 1 aliphatic rings. The summed E-state index contributed by atoms with van der Waals surface area (Å²) in [5.74, 6) is 0.624. The lowest BCUT2D eigenvalue weighted by molar-refractivity contribution is -0.111.